The third-order valence-corrected chi connectivity index (χ3v) is 10.9. The molecule has 1 atom stereocenters. The van der Waals surface area contributed by atoms with Gasteiger partial charge in [0.05, 0.1) is 0 Å². The molecule has 0 aromatic heterocycles. The first-order chi connectivity index (χ1) is 7.39. The molecule has 16 heavy (non-hydrogen) atoms. The summed E-state index contributed by atoms with van der Waals surface area (Å²) in [5.74, 6) is 0. The Hall–Kier alpha value is 0.350. The molecule has 0 bridgehead atoms. The Morgan fingerprint density at radius 2 is 1.81 bits per heavy atom. The molecule has 1 aliphatic heterocycles. The van der Waals surface area contributed by atoms with Crippen LogP contribution in [-0.4, -0.2) is 9.13 Å². The number of hydrogen-bond acceptors (Lipinski definition) is 1. The average Bonchev–Trinajstić information content (AvgIpc) is 2.39. The molecule has 0 radical (unpaired) electrons. The molecule has 0 amide bonds. The normalized spacial score (nSPS) is 31.7. The predicted molar refractivity (Wildman–Crippen MR) is 74.6 cm³/mol. The van der Waals surface area contributed by atoms with Crippen molar-refractivity contribution in [3.8, 4) is 0 Å². The van der Waals surface area contributed by atoms with Crippen LogP contribution in [0.2, 0.25) is 0 Å². The van der Waals surface area contributed by atoms with Crippen LogP contribution < -0.4 is 17.2 Å². The van der Waals surface area contributed by atoms with E-state index in [4.69, 9.17) is 4.99 Å². The maximum atomic E-state index is 4.69. The minimum absolute atomic E-state index is 0.102. The van der Waals surface area contributed by atoms with E-state index in [1.54, 1.807) is 0 Å². The summed E-state index contributed by atoms with van der Waals surface area (Å²) in [7, 11) is 0. The van der Waals surface area contributed by atoms with Gasteiger partial charge < -0.3 is 0 Å². The van der Waals surface area contributed by atoms with Crippen molar-refractivity contribution >= 4 is 24.3 Å². The summed E-state index contributed by atoms with van der Waals surface area (Å²) < 4.78 is 0.281. The van der Waals surface area contributed by atoms with Crippen molar-refractivity contribution in [1.82, 2.24) is 0 Å². The maximum absolute atomic E-state index is 4.69. The number of aliphatic imine (C=N–C) groups is 1. The van der Waals surface area contributed by atoms with Gasteiger partial charge in [-0.25, -0.2) is 0 Å². The van der Waals surface area contributed by atoms with Crippen LogP contribution >= 0.6 is 18.6 Å². The van der Waals surface area contributed by atoms with Crippen molar-refractivity contribution in [3.63, 3.8) is 0 Å². The van der Waals surface area contributed by atoms with Crippen molar-refractivity contribution in [1.29, 1.82) is 0 Å². The number of alkyl halides is 1. The van der Waals surface area contributed by atoms with Gasteiger partial charge in [0.25, 0.3) is 0 Å². The Kier molecular flexibility index (Phi) is 3.38. The number of rotatable bonds is 1. The van der Waals surface area contributed by atoms with E-state index in [1.165, 1.54) is 11.3 Å². The molecule has 0 unspecified atom stereocenters. The predicted octanol–water partition coefficient (Wildman–Crippen LogP) is 1.06. The first-order valence-corrected chi connectivity index (χ1v) is 12.7. The molecule has 0 saturated carbocycles. The van der Waals surface area contributed by atoms with E-state index in [2.05, 4.69) is 70.6 Å². The van der Waals surface area contributed by atoms with Crippen LogP contribution in [0.5, 0.6) is 0 Å². The van der Waals surface area contributed by atoms with Crippen molar-refractivity contribution < 1.29 is 17.2 Å². The van der Waals surface area contributed by atoms with Gasteiger partial charge >= 0.3 is 119 Å². The van der Waals surface area contributed by atoms with Crippen molar-refractivity contribution in [3.05, 3.63) is 35.6 Å². The molecule has 88 valence electrons. The summed E-state index contributed by atoms with van der Waals surface area (Å²) in [6.45, 7) is 8.95. The zero-order valence-electron chi connectivity index (χ0n) is 10.0. The Morgan fingerprint density at radius 1 is 1.19 bits per heavy atom. The molecule has 2 rings (SSSR count). The molecule has 0 fully saturated rings. The first-order valence-electron chi connectivity index (χ1n) is 5.35. The molecule has 0 saturated heterocycles. The third-order valence-electron chi connectivity index (χ3n) is 3.44. The Balaban J connectivity index is 2.46. The van der Waals surface area contributed by atoms with Gasteiger partial charge in [0.15, 0.2) is 0 Å². The van der Waals surface area contributed by atoms with E-state index >= 15 is 0 Å². The fourth-order valence-corrected chi connectivity index (χ4v) is 4.36. The SMILES string of the molecule is CC1=NC2=C(C=C[C@@](C)([I-]I)C=C2)C1(C)C. The van der Waals surface area contributed by atoms with Crippen molar-refractivity contribution in [2.75, 3.05) is 0 Å². The second kappa shape index (κ2) is 4.23. The third kappa shape index (κ3) is 2.05. The first kappa shape index (κ1) is 12.8. The molecule has 0 aromatic rings. The van der Waals surface area contributed by atoms with Crippen LogP contribution in [-0.2, 0) is 0 Å². The molecule has 1 aliphatic carbocycles. The molecular formula is C13H16I2N-. The molecule has 1 heterocycles. The van der Waals surface area contributed by atoms with Crippen molar-refractivity contribution in [2.24, 2.45) is 10.4 Å². The molecule has 0 spiro atoms. The monoisotopic (exact) mass is 440 g/mol. The average molecular weight is 440 g/mol. The van der Waals surface area contributed by atoms with E-state index in [9.17, 15) is 0 Å². The molecule has 2 aliphatic rings. The van der Waals surface area contributed by atoms with Gasteiger partial charge in [-0.3, -0.25) is 0 Å². The van der Waals surface area contributed by atoms with Crippen LogP contribution in [0.3, 0.4) is 0 Å². The summed E-state index contributed by atoms with van der Waals surface area (Å²) in [5.41, 5.74) is 3.86. The second-order valence-corrected chi connectivity index (χ2v) is 10.5. The fourth-order valence-electron chi connectivity index (χ4n) is 1.91. The summed E-state index contributed by atoms with van der Waals surface area (Å²) in [6.07, 6.45) is 9.20. The van der Waals surface area contributed by atoms with Gasteiger partial charge in [-0.15, -0.1) is 0 Å². The zero-order chi connectivity index (χ0) is 12.0. The van der Waals surface area contributed by atoms with Gasteiger partial charge in [-0.05, 0) is 0 Å². The summed E-state index contributed by atoms with van der Waals surface area (Å²) >= 11 is 2.69. The Labute approximate surface area is 118 Å². The van der Waals surface area contributed by atoms with E-state index in [1.807, 2.05) is 0 Å². The zero-order valence-corrected chi connectivity index (χ0v) is 14.3. The standard InChI is InChI=1S/C13H16I2N/c1-9-12(2,3)10-5-7-13(4,15-14)8-6-11(10)16-9/h5-8H,1-4H3/q-1/t13-/m1/s1. The molecule has 1 nitrogen and oxygen atoms in total. The van der Waals surface area contributed by atoms with E-state index in [0.29, 0.717) is 0 Å². The molecule has 0 aromatic carbocycles. The summed E-state index contributed by atoms with van der Waals surface area (Å²) in [4.78, 5) is 4.69. The van der Waals surface area contributed by atoms with Crippen molar-refractivity contribution in [2.45, 2.75) is 31.1 Å². The topological polar surface area (TPSA) is 12.4 Å². The van der Waals surface area contributed by atoms with E-state index < -0.39 is 0 Å². The minimum atomic E-state index is 0.102. The summed E-state index contributed by atoms with van der Waals surface area (Å²) in [5, 5.41) is 0. The Bertz CT molecular complexity index is 441. The molecule has 0 N–H and O–H groups in total. The number of nitrogens with zero attached hydrogens (tertiary/aromatic N) is 1. The fraction of sp³-hybridized carbons (Fsp3) is 0.462. The van der Waals surface area contributed by atoms with Gasteiger partial charge in [-0.1, -0.05) is 0 Å². The number of hydrogen-bond donors (Lipinski definition) is 0. The van der Waals surface area contributed by atoms with Crippen LogP contribution in [0.25, 0.3) is 0 Å². The quantitative estimate of drug-likeness (QED) is 0.428. The van der Waals surface area contributed by atoms with Gasteiger partial charge in [0, 0.05) is 0 Å². The second-order valence-electron chi connectivity index (χ2n) is 5.01. The molecular weight excluding hydrogens is 424 g/mol. The number of allylic oxidation sites excluding steroid dienone is 5. The van der Waals surface area contributed by atoms with Crippen LogP contribution in [0.15, 0.2) is 40.6 Å². The number of halogens is 2. The van der Waals surface area contributed by atoms with Gasteiger partial charge in [0.2, 0.25) is 0 Å². The molecule has 3 heteroatoms. The van der Waals surface area contributed by atoms with E-state index in [-0.39, 0.29) is 26.1 Å². The van der Waals surface area contributed by atoms with Crippen LogP contribution in [0, 0.1) is 5.41 Å². The van der Waals surface area contributed by atoms with Crippen LogP contribution in [0.4, 0.5) is 0 Å². The summed E-state index contributed by atoms with van der Waals surface area (Å²) in [6, 6.07) is 0. The van der Waals surface area contributed by atoms with Gasteiger partial charge in [-0.2, -0.15) is 0 Å². The van der Waals surface area contributed by atoms with Gasteiger partial charge in [0.1, 0.15) is 0 Å². The van der Waals surface area contributed by atoms with Crippen LogP contribution in [0.1, 0.15) is 27.7 Å². The Morgan fingerprint density at radius 3 is 2.44 bits per heavy atom. The van der Waals surface area contributed by atoms with E-state index in [0.717, 1.165) is 5.70 Å².